The van der Waals surface area contributed by atoms with E-state index in [2.05, 4.69) is 17.0 Å². The zero-order valence-electron chi connectivity index (χ0n) is 12.0. The summed E-state index contributed by atoms with van der Waals surface area (Å²) in [6.45, 7) is 8.92. The van der Waals surface area contributed by atoms with E-state index in [0.717, 1.165) is 0 Å². The van der Waals surface area contributed by atoms with Crippen LogP contribution in [0.1, 0.15) is 33.2 Å². The number of hydrogen-bond acceptors (Lipinski definition) is 3. The molecule has 110 valence electrons. The van der Waals surface area contributed by atoms with Gasteiger partial charge in [0.25, 0.3) is 5.91 Å². The smallest absolute Gasteiger partial charge is 0.279 e. The number of nitrogens with zero attached hydrogens (tertiary/aromatic N) is 2. The quantitative estimate of drug-likeness (QED) is 0.859. The Labute approximate surface area is 117 Å². The lowest BCUT2D eigenvalue weighted by atomic mass is 9.82. The summed E-state index contributed by atoms with van der Waals surface area (Å²) >= 11 is 0. The lowest BCUT2D eigenvalue weighted by molar-refractivity contribution is -0.141. The zero-order chi connectivity index (χ0) is 14.9. The first-order valence-electron chi connectivity index (χ1n) is 6.60. The number of amides is 1. The van der Waals surface area contributed by atoms with Gasteiger partial charge >= 0.3 is 0 Å². The van der Waals surface area contributed by atoms with Crippen LogP contribution in [0.25, 0.3) is 0 Å². The molecule has 3 atom stereocenters. The van der Waals surface area contributed by atoms with Gasteiger partial charge in [0.2, 0.25) is 0 Å². The van der Waals surface area contributed by atoms with Crippen LogP contribution in [0.3, 0.4) is 0 Å². The molecule has 1 aliphatic carbocycles. The molecule has 0 radical (unpaired) electrons. The average Bonchev–Trinajstić information content (AvgIpc) is 2.78. The molecule has 5 nitrogen and oxygen atoms in total. The highest BCUT2D eigenvalue weighted by molar-refractivity contribution is 5.90. The van der Waals surface area contributed by atoms with Gasteiger partial charge in [0, 0.05) is 12.4 Å². The zero-order valence-corrected chi connectivity index (χ0v) is 12.0. The van der Waals surface area contributed by atoms with Gasteiger partial charge in [-0.15, -0.1) is 0 Å². The van der Waals surface area contributed by atoms with Crippen LogP contribution in [0.5, 0.6) is 0 Å². The molecule has 1 aromatic rings. The lowest BCUT2D eigenvalue weighted by Gasteiger charge is -2.46. The number of halogens is 1. The van der Waals surface area contributed by atoms with E-state index in [0.29, 0.717) is 6.42 Å². The van der Waals surface area contributed by atoms with Crippen molar-refractivity contribution in [2.75, 3.05) is 0 Å². The lowest BCUT2D eigenvalue weighted by Crippen LogP contribution is -2.58. The van der Waals surface area contributed by atoms with Crippen molar-refractivity contribution >= 4 is 5.91 Å². The molecule has 20 heavy (non-hydrogen) atoms. The van der Waals surface area contributed by atoms with E-state index in [9.17, 15) is 9.18 Å². The first-order valence-corrected chi connectivity index (χ1v) is 6.60. The van der Waals surface area contributed by atoms with E-state index in [1.807, 2.05) is 27.0 Å². The molecule has 2 rings (SSSR count). The summed E-state index contributed by atoms with van der Waals surface area (Å²) in [5.41, 5.74) is -0.283. The monoisotopic (exact) mass is 281 g/mol. The highest BCUT2D eigenvalue weighted by Crippen LogP contribution is 2.37. The Morgan fingerprint density at radius 1 is 1.55 bits per heavy atom. The number of carbonyl (C=O) groups is 1. The molecule has 0 spiro atoms. The molecule has 1 aromatic heterocycles. The van der Waals surface area contributed by atoms with Gasteiger partial charge in [0.1, 0.15) is 0 Å². The fraction of sp³-hybridized carbons (Fsp3) is 0.571. The van der Waals surface area contributed by atoms with Gasteiger partial charge in [-0.2, -0.15) is 5.10 Å². The topological polar surface area (TPSA) is 56.1 Å². The van der Waals surface area contributed by atoms with Crippen LogP contribution >= 0.6 is 0 Å². The SMILES string of the molecule is C=C(F)C(=O)NC1CC(OC(C)(C)C)C1n1cccn1. The molecule has 0 aromatic carbocycles. The largest absolute Gasteiger partial charge is 0.370 e. The third kappa shape index (κ3) is 3.25. The summed E-state index contributed by atoms with van der Waals surface area (Å²) in [5.74, 6) is -1.76. The molecule has 1 amide bonds. The Kier molecular flexibility index (Phi) is 3.94. The summed E-state index contributed by atoms with van der Waals surface area (Å²) in [6.07, 6.45) is 4.04. The molecule has 1 aliphatic rings. The number of nitrogens with one attached hydrogen (secondary N) is 1. The molecule has 3 unspecified atom stereocenters. The molecular formula is C14H20FN3O2. The fourth-order valence-corrected chi connectivity index (χ4v) is 2.37. The Morgan fingerprint density at radius 2 is 2.25 bits per heavy atom. The molecule has 0 saturated heterocycles. The third-order valence-corrected chi connectivity index (χ3v) is 3.18. The molecule has 1 heterocycles. The maximum absolute atomic E-state index is 12.8. The first-order chi connectivity index (χ1) is 9.28. The Bertz CT molecular complexity index is 493. The molecule has 1 N–H and O–H groups in total. The van der Waals surface area contributed by atoms with Gasteiger partial charge < -0.3 is 10.1 Å². The van der Waals surface area contributed by atoms with E-state index >= 15 is 0 Å². The van der Waals surface area contributed by atoms with Crippen molar-refractivity contribution in [3.8, 4) is 0 Å². The van der Waals surface area contributed by atoms with Crippen LogP contribution in [0.2, 0.25) is 0 Å². The number of rotatable bonds is 4. The van der Waals surface area contributed by atoms with Crippen molar-refractivity contribution in [1.29, 1.82) is 0 Å². The second-order valence-corrected chi connectivity index (χ2v) is 5.97. The summed E-state index contributed by atoms with van der Waals surface area (Å²) in [5, 5.41) is 6.81. The van der Waals surface area contributed by atoms with Crippen molar-refractivity contribution in [1.82, 2.24) is 15.1 Å². The van der Waals surface area contributed by atoms with Gasteiger partial charge in [-0.05, 0) is 33.3 Å². The molecule has 6 heteroatoms. The number of hydrogen-bond donors (Lipinski definition) is 1. The minimum absolute atomic E-state index is 0.0620. The number of aromatic nitrogens is 2. The van der Waals surface area contributed by atoms with Gasteiger partial charge in [-0.3, -0.25) is 9.48 Å². The Hall–Kier alpha value is -1.69. The fourth-order valence-electron chi connectivity index (χ4n) is 2.37. The van der Waals surface area contributed by atoms with E-state index in [4.69, 9.17) is 4.74 Å². The standard InChI is InChI=1S/C14H20FN3O2/c1-9(15)13(19)17-10-8-11(20-14(2,3)4)12(10)18-7-5-6-16-18/h5-7,10-12H,1,8H2,2-4H3,(H,17,19). The van der Waals surface area contributed by atoms with Crippen LogP contribution in [0.4, 0.5) is 4.39 Å². The third-order valence-electron chi connectivity index (χ3n) is 3.18. The molecule has 0 bridgehead atoms. The van der Waals surface area contributed by atoms with Crippen LogP contribution in [0, 0.1) is 0 Å². The predicted octanol–water partition coefficient (Wildman–Crippen LogP) is 1.98. The van der Waals surface area contributed by atoms with Crippen molar-refractivity contribution in [3.63, 3.8) is 0 Å². The van der Waals surface area contributed by atoms with Crippen molar-refractivity contribution < 1.29 is 13.9 Å². The summed E-state index contributed by atoms with van der Waals surface area (Å²) in [6, 6.07) is 1.47. The second kappa shape index (κ2) is 5.36. The Morgan fingerprint density at radius 3 is 2.75 bits per heavy atom. The minimum atomic E-state index is -0.982. The molecular weight excluding hydrogens is 261 g/mol. The van der Waals surface area contributed by atoms with Crippen LogP contribution < -0.4 is 5.32 Å². The average molecular weight is 281 g/mol. The summed E-state index contributed by atoms with van der Waals surface area (Å²) < 4.78 is 20.5. The van der Waals surface area contributed by atoms with Crippen molar-refractivity contribution in [2.45, 2.75) is 51.0 Å². The second-order valence-electron chi connectivity index (χ2n) is 5.97. The minimum Gasteiger partial charge on any atom is -0.370 e. The van der Waals surface area contributed by atoms with E-state index in [-0.39, 0.29) is 23.8 Å². The molecule has 1 fully saturated rings. The van der Waals surface area contributed by atoms with Crippen molar-refractivity contribution in [3.05, 3.63) is 30.9 Å². The number of carbonyl (C=O) groups excluding carboxylic acids is 1. The maximum atomic E-state index is 12.8. The Balaban J connectivity index is 2.08. The van der Waals surface area contributed by atoms with Crippen molar-refractivity contribution in [2.24, 2.45) is 0 Å². The van der Waals surface area contributed by atoms with Crippen LogP contribution in [-0.2, 0) is 9.53 Å². The summed E-state index contributed by atoms with van der Waals surface area (Å²) in [4.78, 5) is 11.4. The first kappa shape index (κ1) is 14.7. The summed E-state index contributed by atoms with van der Waals surface area (Å²) in [7, 11) is 0. The van der Waals surface area contributed by atoms with Gasteiger partial charge in [-0.1, -0.05) is 6.58 Å². The van der Waals surface area contributed by atoms with E-state index in [1.54, 1.807) is 16.9 Å². The maximum Gasteiger partial charge on any atom is 0.279 e. The highest BCUT2D eigenvalue weighted by Gasteiger charge is 2.46. The van der Waals surface area contributed by atoms with E-state index in [1.165, 1.54) is 0 Å². The molecule has 0 aliphatic heterocycles. The van der Waals surface area contributed by atoms with Crippen LogP contribution in [-0.4, -0.2) is 33.4 Å². The normalized spacial score (nSPS) is 25.9. The predicted molar refractivity (Wildman–Crippen MR) is 72.7 cm³/mol. The highest BCUT2D eigenvalue weighted by atomic mass is 19.1. The van der Waals surface area contributed by atoms with Gasteiger partial charge in [-0.25, -0.2) is 4.39 Å². The van der Waals surface area contributed by atoms with Gasteiger partial charge in [0.05, 0.1) is 23.8 Å². The molecule has 1 saturated carbocycles. The van der Waals surface area contributed by atoms with E-state index < -0.39 is 11.7 Å². The number of ether oxygens (including phenoxy) is 1. The van der Waals surface area contributed by atoms with Gasteiger partial charge in [0.15, 0.2) is 5.83 Å². The van der Waals surface area contributed by atoms with Crippen LogP contribution in [0.15, 0.2) is 30.9 Å².